The Morgan fingerprint density at radius 1 is 1.62 bits per heavy atom. The predicted octanol–water partition coefficient (Wildman–Crippen LogP) is 2.68. The van der Waals surface area contributed by atoms with E-state index in [0.717, 1.165) is 0 Å². The van der Waals surface area contributed by atoms with Crippen LogP contribution in [0.4, 0.5) is 10.1 Å². The molecule has 0 saturated heterocycles. The van der Waals surface area contributed by atoms with Gasteiger partial charge >= 0.3 is 0 Å². The fourth-order valence-electron chi connectivity index (χ4n) is 0.927. The maximum absolute atomic E-state index is 12.9. The first-order chi connectivity index (χ1) is 6.15. The highest BCUT2D eigenvalue weighted by Crippen LogP contribution is 2.24. The molecule has 1 unspecified atom stereocenters. The molecule has 0 fully saturated rings. The standard InChI is InChI=1S/C9H11ClFNO/c1-2-13-9(10)6-3-4-8(12)7(11)5-6/h3-5,9H,2,12H2,1H3. The molecule has 0 bridgehead atoms. The van der Waals surface area contributed by atoms with E-state index < -0.39 is 11.4 Å². The number of rotatable bonds is 3. The van der Waals surface area contributed by atoms with Crippen molar-refractivity contribution in [1.82, 2.24) is 0 Å². The third-order valence-corrected chi connectivity index (χ3v) is 1.98. The molecular formula is C9H11ClFNO. The topological polar surface area (TPSA) is 35.2 Å². The predicted molar refractivity (Wildman–Crippen MR) is 51.0 cm³/mol. The minimum atomic E-state index is -0.611. The van der Waals surface area contributed by atoms with Crippen LogP contribution in [0.5, 0.6) is 0 Å². The summed E-state index contributed by atoms with van der Waals surface area (Å²) in [6, 6.07) is 4.40. The minimum absolute atomic E-state index is 0.115. The quantitative estimate of drug-likeness (QED) is 0.606. The zero-order valence-electron chi connectivity index (χ0n) is 7.26. The SMILES string of the molecule is CCOC(Cl)c1ccc(N)c(F)c1. The minimum Gasteiger partial charge on any atom is -0.396 e. The summed E-state index contributed by atoms with van der Waals surface area (Å²) in [5, 5.41) is 0. The van der Waals surface area contributed by atoms with E-state index in [2.05, 4.69) is 0 Å². The Morgan fingerprint density at radius 3 is 2.85 bits per heavy atom. The average molecular weight is 204 g/mol. The van der Waals surface area contributed by atoms with Crippen LogP contribution in [0.3, 0.4) is 0 Å². The second-order valence-electron chi connectivity index (χ2n) is 2.55. The van der Waals surface area contributed by atoms with Crippen molar-refractivity contribution >= 4 is 17.3 Å². The van der Waals surface area contributed by atoms with Gasteiger partial charge in [-0.25, -0.2) is 4.39 Å². The van der Waals surface area contributed by atoms with Crippen LogP contribution in [0, 0.1) is 5.82 Å². The summed E-state index contributed by atoms with van der Waals surface area (Å²) in [7, 11) is 0. The van der Waals surface area contributed by atoms with Crippen LogP contribution in [-0.4, -0.2) is 6.61 Å². The number of benzene rings is 1. The summed E-state index contributed by atoms with van der Waals surface area (Å²) in [5.74, 6) is -0.470. The molecule has 0 aliphatic carbocycles. The van der Waals surface area contributed by atoms with Gasteiger partial charge in [-0.05, 0) is 24.6 Å². The molecule has 0 heterocycles. The van der Waals surface area contributed by atoms with Gasteiger partial charge in [0.15, 0.2) is 5.56 Å². The Balaban J connectivity index is 2.84. The summed E-state index contributed by atoms with van der Waals surface area (Å²) >= 11 is 5.80. The Morgan fingerprint density at radius 2 is 2.31 bits per heavy atom. The van der Waals surface area contributed by atoms with Gasteiger partial charge in [0.25, 0.3) is 0 Å². The molecule has 0 saturated carbocycles. The summed E-state index contributed by atoms with van der Waals surface area (Å²) < 4.78 is 18.0. The van der Waals surface area contributed by atoms with Gasteiger partial charge in [-0.1, -0.05) is 17.7 Å². The summed E-state index contributed by atoms with van der Waals surface area (Å²) in [5.41, 5.74) is 5.39. The van der Waals surface area contributed by atoms with Crippen LogP contribution in [0.15, 0.2) is 18.2 Å². The average Bonchev–Trinajstić information content (AvgIpc) is 2.10. The molecule has 2 N–H and O–H groups in total. The van der Waals surface area contributed by atoms with E-state index in [0.29, 0.717) is 12.2 Å². The first-order valence-electron chi connectivity index (χ1n) is 3.95. The Bertz CT molecular complexity index is 293. The fourth-order valence-corrected chi connectivity index (χ4v) is 1.19. The van der Waals surface area contributed by atoms with Crippen molar-refractivity contribution in [1.29, 1.82) is 0 Å². The number of nitrogen functional groups attached to an aromatic ring is 1. The summed E-state index contributed by atoms with van der Waals surface area (Å²) in [4.78, 5) is 0. The van der Waals surface area contributed by atoms with Crippen LogP contribution in [0.1, 0.15) is 18.1 Å². The molecule has 0 radical (unpaired) electrons. The highest BCUT2D eigenvalue weighted by molar-refractivity contribution is 6.19. The molecule has 4 heteroatoms. The number of nitrogens with two attached hydrogens (primary N) is 1. The van der Waals surface area contributed by atoms with Crippen LogP contribution >= 0.6 is 11.6 Å². The number of hydrogen-bond donors (Lipinski definition) is 1. The molecule has 13 heavy (non-hydrogen) atoms. The lowest BCUT2D eigenvalue weighted by Crippen LogP contribution is -1.99. The van der Waals surface area contributed by atoms with E-state index in [4.69, 9.17) is 22.1 Å². The van der Waals surface area contributed by atoms with E-state index >= 15 is 0 Å². The number of hydrogen-bond acceptors (Lipinski definition) is 2. The van der Waals surface area contributed by atoms with Crippen molar-refractivity contribution in [3.63, 3.8) is 0 Å². The van der Waals surface area contributed by atoms with Crippen LogP contribution in [-0.2, 0) is 4.74 Å². The van der Waals surface area contributed by atoms with Gasteiger partial charge in [0.1, 0.15) is 5.82 Å². The molecule has 0 aromatic heterocycles. The summed E-state index contributed by atoms with van der Waals surface area (Å²) in [6.45, 7) is 2.31. The van der Waals surface area contributed by atoms with Crippen molar-refractivity contribution in [2.45, 2.75) is 12.5 Å². The van der Waals surface area contributed by atoms with Crippen molar-refractivity contribution in [3.8, 4) is 0 Å². The summed E-state index contributed by atoms with van der Waals surface area (Å²) in [6.07, 6.45) is 0. The third kappa shape index (κ3) is 2.57. The van der Waals surface area contributed by atoms with Gasteiger partial charge in [-0.2, -0.15) is 0 Å². The highest BCUT2D eigenvalue weighted by Gasteiger charge is 2.08. The zero-order valence-corrected chi connectivity index (χ0v) is 8.01. The molecule has 2 nitrogen and oxygen atoms in total. The third-order valence-electron chi connectivity index (χ3n) is 1.60. The first kappa shape index (κ1) is 10.3. The Kier molecular flexibility index (Phi) is 3.51. The van der Waals surface area contributed by atoms with Gasteiger partial charge < -0.3 is 10.5 Å². The first-order valence-corrected chi connectivity index (χ1v) is 4.39. The number of halogens is 2. The smallest absolute Gasteiger partial charge is 0.156 e. The molecule has 72 valence electrons. The molecule has 1 atom stereocenters. The Labute approximate surface area is 81.4 Å². The Hall–Kier alpha value is -0.800. The van der Waals surface area contributed by atoms with Crippen LogP contribution < -0.4 is 5.73 Å². The lowest BCUT2D eigenvalue weighted by atomic mass is 10.2. The van der Waals surface area contributed by atoms with Gasteiger partial charge in [-0.3, -0.25) is 0 Å². The molecule has 0 spiro atoms. The van der Waals surface area contributed by atoms with Crippen molar-refractivity contribution in [2.75, 3.05) is 12.3 Å². The van der Waals surface area contributed by atoms with Crippen LogP contribution in [0.25, 0.3) is 0 Å². The maximum Gasteiger partial charge on any atom is 0.156 e. The molecule has 0 amide bonds. The molecule has 1 rings (SSSR count). The van der Waals surface area contributed by atoms with Crippen molar-refractivity contribution in [2.24, 2.45) is 0 Å². The fraction of sp³-hybridized carbons (Fsp3) is 0.333. The molecule has 0 aliphatic rings. The lowest BCUT2D eigenvalue weighted by molar-refractivity contribution is 0.120. The number of ether oxygens (including phenoxy) is 1. The van der Waals surface area contributed by atoms with E-state index in [1.807, 2.05) is 6.92 Å². The van der Waals surface area contributed by atoms with Crippen molar-refractivity contribution in [3.05, 3.63) is 29.6 Å². The molecule has 1 aromatic rings. The highest BCUT2D eigenvalue weighted by atomic mass is 35.5. The normalized spacial score (nSPS) is 12.8. The number of alkyl halides is 1. The van der Waals surface area contributed by atoms with E-state index in [1.54, 1.807) is 6.07 Å². The van der Waals surface area contributed by atoms with E-state index in [-0.39, 0.29) is 5.69 Å². The van der Waals surface area contributed by atoms with Crippen molar-refractivity contribution < 1.29 is 9.13 Å². The van der Waals surface area contributed by atoms with Gasteiger partial charge in [-0.15, -0.1) is 0 Å². The molecule has 0 aliphatic heterocycles. The molecule has 1 aromatic carbocycles. The van der Waals surface area contributed by atoms with E-state index in [1.165, 1.54) is 12.1 Å². The zero-order chi connectivity index (χ0) is 9.84. The van der Waals surface area contributed by atoms with Gasteiger partial charge in [0, 0.05) is 6.61 Å². The second kappa shape index (κ2) is 4.44. The van der Waals surface area contributed by atoms with Crippen LogP contribution in [0.2, 0.25) is 0 Å². The maximum atomic E-state index is 12.9. The largest absolute Gasteiger partial charge is 0.396 e. The molecular weight excluding hydrogens is 193 g/mol. The lowest BCUT2D eigenvalue weighted by Gasteiger charge is -2.09. The monoisotopic (exact) mass is 203 g/mol. The van der Waals surface area contributed by atoms with Gasteiger partial charge in [0.05, 0.1) is 5.69 Å². The number of anilines is 1. The second-order valence-corrected chi connectivity index (χ2v) is 2.95. The van der Waals surface area contributed by atoms with E-state index in [9.17, 15) is 4.39 Å². The van der Waals surface area contributed by atoms with Gasteiger partial charge in [0.2, 0.25) is 0 Å².